The Bertz CT molecular complexity index is 334. The second-order valence-corrected chi connectivity index (χ2v) is 4.60. The van der Waals surface area contributed by atoms with Crippen LogP contribution in [0.4, 0.5) is 10.5 Å². The lowest BCUT2D eigenvalue weighted by molar-refractivity contribution is 0.241. The lowest BCUT2D eigenvalue weighted by Gasteiger charge is -2.24. The first-order chi connectivity index (χ1) is 6.90. The summed E-state index contributed by atoms with van der Waals surface area (Å²) in [6.07, 6.45) is 3.22. The molecule has 82 valence electrons. The molecule has 0 saturated heterocycles. The van der Waals surface area contributed by atoms with E-state index in [9.17, 15) is 4.79 Å². The number of hydrogen-bond acceptors (Lipinski definition) is 3. The van der Waals surface area contributed by atoms with Gasteiger partial charge in [-0.2, -0.15) is 0 Å². The van der Waals surface area contributed by atoms with E-state index in [2.05, 4.69) is 23.1 Å². The van der Waals surface area contributed by atoms with Crippen molar-refractivity contribution in [3.8, 4) is 0 Å². The third-order valence-corrected chi connectivity index (χ3v) is 1.98. The summed E-state index contributed by atoms with van der Waals surface area (Å²) in [5, 5.41) is 2.80. The van der Waals surface area contributed by atoms with Crippen LogP contribution in [0.2, 0.25) is 0 Å². The van der Waals surface area contributed by atoms with Crippen LogP contribution in [-0.4, -0.2) is 16.6 Å². The zero-order valence-corrected chi connectivity index (χ0v) is 9.95. The van der Waals surface area contributed by atoms with E-state index in [4.69, 9.17) is 0 Å². The third-order valence-electron chi connectivity index (χ3n) is 1.56. The maximum Gasteiger partial charge on any atom is 0.332 e. The van der Waals surface area contributed by atoms with Gasteiger partial charge in [0.05, 0.1) is 11.9 Å². The second kappa shape index (κ2) is 4.53. The van der Waals surface area contributed by atoms with Crippen molar-refractivity contribution in [1.29, 1.82) is 0 Å². The number of carbonyl (C=O) groups excluding carboxylic acids is 1. The number of pyridine rings is 1. The van der Waals surface area contributed by atoms with Gasteiger partial charge in [0.2, 0.25) is 0 Å². The molecule has 15 heavy (non-hydrogen) atoms. The molecular weight excluding hydrogens is 210 g/mol. The predicted octanol–water partition coefficient (Wildman–Crippen LogP) is 2.24. The van der Waals surface area contributed by atoms with Gasteiger partial charge >= 0.3 is 6.03 Å². The first-order valence-electron chi connectivity index (χ1n) is 4.61. The maximum atomic E-state index is 11.7. The van der Waals surface area contributed by atoms with E-state index in [0.29, 0.717) is 5.69 Å². The fourth-order valence-electron chi connectivity index (χ4n) is 0.970. The van der Waals surface area contributed by atoms with E-state index in [0.717, 1.165) is 0 Å². The number of anilines is 1. The van der Waals surface area contributed by atoms with Gasteiger partial charge < -0.3 is 5.32 Å². The molecule has 0 aliphatic carbocycles. The summed E-state index contributed by atoms with van der Waals surface area (Å²) in [5.74, 6) is 0. The molecular formula is C10H15N3OS. The van der Waals surface area contributed by atoms with Gasteiger partial charge in [-0.3, -0.25) is 4.98 Å². The summed E-state index contributed by atoms with van der Waals surface area (Å²) in [4.78, 5) is 15.6. The van der Waals surface area contributed by atoms with Gasteiger partial charge in [-0.25, -0.2) is 9.10 Å². The number of amides is 2. The smallest absolute Gasteiger partial charge is 0.332 e. The molecule has 5 heteroatoms. The molecule has 0 saturated carbocycles. The van der Waals surface area contributed by atoms with Crippen LogP contribution in [0.3, 0.4) is 0 Å². The molecule has 0 aliphatic rings. The number of nitrogens with one attached hydrogen (secondary N) is 1. The van der Waals surface area contributed by atoms with Crippen LogP contribution in [0.25, 0.3) is 0 Å². The molecule has 0 aromatic carbocycles. The van der Waals surface area contributed by atoms with Crippen LogP contribution >= 0.6 is 12.8 Å². The molecule has 1 heterocycles. The van der Waals surface area contributed by atoms with Crippen LogP contribution in [0, 0.1) is 0 Å². The molecule has 0 fully saturated rings. The fraction of sp³-hybridized carbons (Fsp3) is 0.400. The Balaban J connectivity index is 2.70. The Morgan fingerprint density at radius 1 is 1.53 bits per heavy atom. The summed E-state index contributed by atoms with van der Waals surface area (Å²) < 4.78 is 1.23. The minimum Gasteiger partial charge on any atom is -0.332 e. The summed E-state index contributed by atoms with van der Waals surface area (Å²) in [6.45, 7) is 5.74. The molecule has 1 rings (SSSR count). The van der Waals surface area contributed by atoms with Crippen molar-refractivity contribution in [2.24, 2.45) is 0 Å². The summed E-state index contributed by atoms with van der Waals surface area (Å²) >= 11 is 4.11. The zero-order valence-electron chi connectivity index (χ0n) is 9.06. The highest BCUT2D eigenvalue weighted by molar-refractivity contribution is 7.82. The average Bonchev–Trinajstić information content (AvgIpc) is 2.15. The number of carbonyl (C=O) groups is 1. The molecule has 1 aromatic rings. The fourth-order valence-corrected chi connectivity index (χ4v) is 1.14. The van der Waals surface area contributed by atoms with Crippen molar-refractivity contribution < 1.29 is 4.79 Å². The maximum absolute atomic E-state index is 11.7. The minimum absolute atomic E-state index is 0.265. The Labute approximate surface area is 95.2 Å². The van der Waals surface area contributed by atoms with Crippen LogP contribution in [0.1, 0.15) is 20.8 Å². The van der Waals surface area contributed by atoms with Crippen molar-refractivity contribution in [1.82, 2.24) is 10.3 Å². The second-order valence-electron chi connectivity index (χ2n) is 4.20. The quantitative estimate of drug-likeness (QED) is 0.720. The van der Waals surface area contributed by atoms with Crippen molar-refractivity contribution in [3.05, 3.63) is 24.5 Å². The molecule has 0 bridgehead atoms. The number of aromatic nitrogens is 1. The minimum atomic E-state index is -0.278. The van der Waals surface area contributed by atoms with Gasteiger partial charge in [-0.1, -0.05) is 12.8 Å². The van der Waals surface area contributed by atoms with E-state index in [-0.39, 0.29) is 11.6 Å². The van der Waals surface area contributed by atoms with Crippen LogP contribution in [0.15, 0.2) is 24.5 Å². The van der Waals surface area contributed by atoms with Crippen molar-refractivity contribution in [3.63, 3.8) is 0 Å². The molecule has 4 nitrogen and oxygen atoms in total. The molecule has 0 atom stereocenters. The molecule has 1 aromatic heterocycles. The van der Waals surface area contributed by atoms with E-state index in [1.54, 1.807) is 24.5 Å². The Morgan fingerprint density at radius 3 is 2.67 bits per heavy atom. The normalized spacial score (nSPS) is 10.9. The Morgan fingerprint density at radius 2 is 2.20 bits per heavy atom. The summed E-state index contributed by atoms with van der Waals surface area (Å²) in [5.41, 5.74) is 0.364. The van der Waals surface area contributed by atoms with Crippen LogP contribution < -0.4 is 9.62 Å². The monoisotopic (exact) mass is 225 g/mol. The topological polar surface area (TPSA) is 45.2 Å². The van der Waals surface area contributed by atoms with Crippen molar-refractivity contribution in [2.45, 2.75) is 26.3 Å². The highest BCUT2D eigenvalue weighted by atomic mass is 32.1. The predicted molar refractivity (Wildman–Crippen MR) is 64.0 cm³/mol. The van der Waals surface area contributed by atoms with E-state index in [1.165, 1.54) is 4.31 Å². The van der Waals surface area contributed by atoms with E-state index < -0.39 is 0 Å². The SMILES string of the molecule is CC(C)(C)NC(=O)N(S)c1cccnc1. The van der Waals surface area contributed by atoms with Gasteiger partial charge in [0.15, 0.2) is 0 Å². The number of hydrogen-bond donors (Lipinski definition) is 2. The Hall–Kier alpha value is -1.23. The Kier molecular flexibility index (Phi) is 3.57. The molecule has 1 N–H and O–H groups in total. The van der Waals surface area contributed by atoms with Gasteiger partial charge in [0, 0.05) is 11.7 Å². The van der Waals surface area contributed by atoms with Gasteiger partial charge in [0.25, 0.3) is 0 Å². The zero-order chi connectivity index (χ0) is 11.5. The molecule has 2 amide bonds. The highest BCUT2D eigenvalue weighted by Crippen LogP contribution is 2.14. The molecule has 0 spiro atoms. The molecule has 0 unspecified atom stereocenters. The number of thiol groups is 1. The lowest BCUT2D eigenvalue weighted by Crippen LogP contribution is -2.45. The van der Waals surface area contributed by atoms with Crippen LogP contribution in [0.5, 0.6) is 0 Å². The molecule has 0 aliphatic heterocycles. The first kappa shape index (κ1) is 11.8. The van der Waals surface area contributed by atoms with Crippen LogP contribution in [-0.2, 0) is 0 Å². The van der Waals surface area contributed by atoms with Gasteiger partial charge in [-0.05, 0) is 32.9 Å². The summed E-state index contributed by atoms with van der Waals surface area (Å²) in [6, 6.07) is 3.25. The number of urea groups is 1. The van der Waals surface area contributed by atoms with E-state index in [1.807, 2.05) is 20.8 Å². The first-order valence-corrected chi connectivity index (χ1v) is 5.01. The van der Waals surface area contributed by atoms with Crippen molar-refractivity contribution >= 4 is 24.5 Å². The molecule has 0 radical (unpaired) electrons. The third kappa shape index (κ3) is 3.79. The number of rotatable bonds is 1. The standard InChI is InChI=1S/C10H15N3OS/c1-10(2,3)12-9(14)13(15)8-5-4-6-11-7-8/h4-7,15H,1-3H3,(H,12,14). The largest absolute Gasteiger partial charge is 0.332 e. The summed E-state index contributed by atoms with van der Waals surface area (Å²) in [7, 11) is 0. The van der Waals surface area contributed by atoms with Gasteiger partial charge in [-0.15, -0.1) is 0 Å². The van der Waals surface area contributed by atoms with E-state index >= 15 is 0 Å². The average molecular weight is 225 g/mol. The number of nitrogens with zero attached hydrogens (tertiary/aromatic N) is 2. The lowest BCUT2D eigenvalue weighted by atomic mass is 10.1. The highest BCUT2D eigenvalue weighted by Gasteiger charge is 2.18. The van der Waals surface area contributed by atoms with Gasteiger partial charge in [0.1, 0.15) is 0 Å². The van der Waals surface area contributed by atoms with Crippen molar-refractivity contribution in [2.75, 3.05) is 4.31 Å².